The van der Waals surface area contributed by atoms with Crippen LogP contribution in [-0.4, -0.2) is 43.4 Å². The Morgan fingerprint density at radius 1 is 0.395 bits per heavy atom. The zero-order valence-electron chi connectivity index (χ0n) is 29.6. The Morgan fingerprint density at radius 3 is 1.02 bits per heavy atom. The lowest BCUT2D eigenvalue weighted by atomic mass is 10.0. The van der Waals surface area contributed by atoms with Gasteiger partial charge in [-0.2, -0.15) is 0 Å². The number of unbranched alkanes of at least 4 members (excludes halogenated alkanes) is 24. The molecule has 256 valence electrons. The molecule has 0 atom stereocenters. The lowest BCUT2D eigenvalue weighted by molar-refractivity contribution is -0.114. The number of carbonyl (C=O) groups is 2. The van der Waals surface area contributed by atoms with Crippen LogP contribution in [0.25, 0.3) is 0 Å². The van der Waals surface area contributed by atoms with Gasteiger partial charge in [-0.05, 0) is 32.1 Å². The van der Waals surface area contributed by atoms with Crippen molar-refractivity contribution in [2.45, 2.75) is 201 Å². The molecule has 0 saturated carbocycles. The number of nitrogens with one attached hydrogen (secondary N) is 2. The molecule has 0 heterocycles. The monoisotopic (exact) mass is 625 g/mol. The van der Waals surface area contributed by atoms with Gasteiger partial charge in [0.2, 0.25) is 0 Å². The quantitative estimate of drug-likeness (QED) is 0.0533. The molecule has 0 aliphatic rings. The van der Waals surface area contributed by atoms with Gasteiger partial charge in [-0.15, -0.1) is 0 Å². The number of likely N-dealkylation sites (N-methyl/N-ethyl adjacent to an activating group) is 1. The summed E-state index contributed by atoms with van der Waals surface area (Å²) in [5, 5.41) is 6.77. The lowest BCUT2D eigenvalue weighted by Crippen LogP contribution is -2.29. The largest absolute Gasteiger partial charge is 0.316 e. The molecule has 0 saturated heterocycles. The molecule has 0 amide bonds. The third kappa shape index (κ3) is 31.5. The van der Waals surface area contributed by atoms with Crippen molar-refractivity contribution in [2.24, 2.45) is 0 Å². The Kier molecular flexibility index (Phi) is 35.9. The van der Waals surface area contributed by atoms with Gasteiger partial charge in [-0.3, -0.25) is 9.59 Å². The molecule has 0 rings (SSSR count). The Bertz CT molecular complexity index is 544. The van der Waals surface area contributed by atoms with E-state index < -0.39 is 7.92 Å². The van der Waals surface area contributed by atoms with Crippen LogP contribution in [0.15, 0.2) is 0 Å². The highest BCUT2D eigenvalue weighted by molar-refractivity contribution is 7.89. The molecule has 43 heavy (non-hydrogen) atoms. The summed E-state index contributed by atoms with van der Waals surface area (Å²) in [6.45, 7) is 10.3. The molecule has 0 aromatic rings. The molecule has 5 heteroatoms. The molecule has 2 N–H and O–H groups in total. The summed E-state index contributed by atoms with van der Waals surface area (Å²) in [4.78, 5) is 26.3. The zero-order chi connectivity index (χ0) is 31.5. The van der Waals surface area contributed by atoms with Crippen LogP contribution in [0.1, 0.15) is 201 Å². The van der Waals surface area contributed by atoms with Gasteiger partial charge < -0.3 is 10.6 Å². The van der Waals surface area contributed by atoms with E-state index in [1.54, 1.807) is 0 Å². The van der Waals surface area contributed by atoms with E-state index in [1.807, 2.05) is 0 Å². The first kappa shape index (κ1) is 42.7. The predicted octanol–water partition coefficient (Wildman–Crippen LogP) is 11.7. The molecule has 0 spiro atoms. The van der Waals surface area contributed by atoms with Gasteiger partial charge in [0, 0.05) is 33.9 Å². The zero-order valence-corrected chi connectivity index (χ0v) is 30.5. The normalized spacial score (nSPS) is 11.5. The lowest BCUT2D eigenvalue weighted by Gasteiger charge is -2.16. The molecule has 0 aliphatic carbocycles. The van der Waals surface area contributed by atoms with E-state index in [0.717, 1.165) is 58.0 Å². The fraction of sp³-hybridized carbons (Fsp3) is 0.947. The maximum Gasteiger partial charge on any atom is 0.162 e. The fourth-order valence-corrected chi connectivity index (χ4v) is 7.93. The Hall–Kier alpha value is -0.310. The average molecular weight is 625 g/mol. The minimum absolute atomic E-state index is 0.270. The predicted molar refractivity (Wildman–Crippen MR) is 194 cm³/mol. The second kappa shape index (κ2) is 36.2. The van der Waals surface area contributed by atoms with E-state index in [9.17, 15) is 9.59 Å². The van der Waals surface area contributed by atoms with Crippen molar-refractivity contribution in [1.29, 1.82) is 0 Å². The maximum atomic E-state index is 13.2. The molecule has 0 aromatic carbocycles. The third-order valence-electron chi connectivity index (χ3n) is 8.83. The van der Waals surface area contributed by atoms with Gasteiger partial charge in [-0.25, -0.2) is 0 Å². The molecule has 0 unspecified atom stereocenters. The van der Waals surface area contributed by atoms with E-state index >= 15 is 0 Å². The van der Waals surface area contributed by atoms with Crippen molar-refractivity contribution in [3.63, 3.8) is 0 Å². The molecular formula is C38H77N2O2P. The summed E-state index contributed by atoms with van der Waals surface area (Å²) < 4.78 is 0. The van der Waals surface area contributed by atoms with E-state index in [2.05, 4.69) is 31.4 Å². The standard InChI is InChI=1S/C38H77N2O2P/c1-4-7-9-11-13-15-17-19-21-23-25-27-29-31-37(41)43(36-35-40-34-33-39-6-3)38(42)32-30-28-26-24-22-20-18-16-14-12-10-8-5-2/h39-40H,4-36H2,1-3H3. The number of carbonyl (C=O) groups excluding carboxylic acids is 2. The van der Waals surface area contributed by atoms with Crippen LogP contribution in [0.2, 0.25) is 0 Å². The fourth-order valence-electron chi connectivity index (χ4n) is 5.92. The van der Waals surface area contributed by atoms with Crippen molar-refractivity contribution in [2.75, 3.05) is 32.3 Å². The van der Waals surface area contributed by atoms with Gasteiger partial charge in [-0.1, -0.05) is 175 Å². The van der Waals surface area contributed by atoms with Crippen molar-refractivity contribution in [3.05, 3.63) is 0 Å². The summed E-state index contributed by atoms with van der Waals surface area (Å²) in [6.07, 6.45) is 36.2. The first-order valence-electron chi connectivity index (χ1n) is 19.4. The Balaban J connectivity index is 4.07. The highest BCUT2D eigenvalue weighted by atomic mass is 31.1. The number of hydrogen-bond acceptors (Lipinski definition) is 4. The van der Waals surface area contributed by atoms with E-state index in [0.29, 0.717) is 12.8 Å². The highest BCUT2D eigenvalue weighted by Gasteiger charge is 2.24. The number of hydrogen-bond donors (Lipinski definition) is 2. The molecule has 0 fully saturated rings. The SMILES string of the molecule is CCCCCCCCCCCCCCCC(=O)P(CCNCCNCC)C(=O)CCCCCCCCCCCCCCC. The molecule has 0 aromatic heterocycles. The van der Waals surface area contributed by atoms with Crippen molar-refractivity contribution in [1.82, 2.24) is 10.6 Å². The smallest absolute Gasteiger partial charge is 0.162 e. The van der Waals surface area contributed by atoms with Gasteiger partial charge in [0.15, 0.2) is 11.0 Å². The average Bonchev–Trinajstić information content (AvgIpc) is 3.01. The summed E-state index contributed by atoms with van der Waals surface area (Å²) >= 11 is 0. The van der Waals surface area contributed by atoms with Crippen LogP contribution >= 0.6 is 7.92 Å². The van der Waals surface area contributed by atoms with Crippen LogP contribution in [0.5, 0.6) is 0 Å². The Morgan fingerprint density at radius 2 is 0.698 bits per heavy atom. The first-order valence-corrected chi connectivity index (χ1v) is 20.9. The minimum atomic E-state index is -1.15. The van der Waals surface area contributed by atoms with Crippen LogP contribution in [0.3, 0.4) is 0 Å². The van der Waals surface area contributed by atoms with E-state index in [4.69, 9.17) is 0 Å². The molecule has 0 radical (unpaired) electrons. The van der Waals surface area contributed by atoms with E-state index in [1.165, 1.54) is 141 Å². The third-order valence-corrected chi connectivity index (χ3v) is 11.2. The van der Waals surface area contributed by atoms with Crippen LogP contribution < -0.4 is 10.6 Å². The maximum absolute atomic E-state index is 13.2. The summed E-state index contributed by atoms with van der Waals surface area (Å²) in [7, 11) is -1.15. The van der Waals surface area contributed by atoms with Crippen LogP contribution in [0.4, 0.5) is 0 Å². The second-order valence-electron chi connectivity index (χ2n) is 13.0. The second-order valence-corrected chi connectivity index (χ2v) is 15.3. The minimum Gasteiger partial charge on any atom is -0.316 e. The summed E-state index contributed by atoms with van der Waals surface area (Å²) in [5.41, 5.74) is 0.539. The molecular weight excluding hydrogens is 547 g/mol. The van der Waals surface area contributed by atoms with Crippen molar-refractivity contribution in [3.8, 4) is 0 Å². The van der Waals surface area contributed by atoms with Crippen molar-refractivity contribution < 1.29 is 9.59 Å². The highest BCUT2D eigenvalue weighted by Crippen LogP contribution is 2.40. The van der Waals surface area contributed by atoms with Crippen molar-refractivity contribution >= 4 is 19.0 Å². The first-order chi connectivity index (χ1) is 21.2. The van der Waals surface area contributed by atoms with Crippen LogP contribution in [-0.2, 0) is 9.59 Å². The number of rotatable bonds is 37. The molecule has 0 aliphatic heterocycles. The summed E-state index contributed by atoms with van der Waals surface area (Å²) in [5.74, 6) is 0. The molecule has 4 nitrogen and oxygen atoms in total. The topological polar surface area (TPSA) is 58.2 Å². The Labute approximate surface area is 271 Å². The van der Waals surface area contributed by atoms with Crippen LogP contribution in [0, 0.1) is 0 Å². The van der Waals surface area contributed by atoms with Gasteiger partial charge in [0.25, 0.3) is 0 Å². The van der Waals surface area contributed by atoms with Gasteiger partial charge >= 0.3 is 0 Å². The van der Waals surface area contributed by atoms with Gasteiger partial charge in [0.05, 0.1) is 0 Å². The molecule has 0 bridgehead atoms. The summed E-state index contributed by atoms with van der Waals surface area (Å²) in [6, 6.07) is 0. The van der Waals surface area contributed by atoms with Gasteiger partial charge in [0.1, 0.15) is 0 Å². The van der Waals surface area contributed by atoms with E-state index in [-0.39, 0.29) is 11.0 Å².